The zero-order valence-corrected chi connectivity index (χ0v) is 24.5. The molecule has 0 aliphatic rings. The van der Waals surface area contributed by atoms with Crippen molar-refractivity contribution < 1.29 is 33.5 Å². The van der Waals surface area contributed by atoms with E-state index in [1.807, 2.05) is 32.0 Å². The van der Waals surface area contributed by atoms with Crippen LogP contribution in [0.5, 0.6) is 0 Å². The van der Waals surface area contributed by atoms with Crippen LogP contribution < -0.4 is 21.3 Å². The van der Waals surface area contributed by atoms with Crippen LogP contribution in [0.3, 0.4) is 0 Å². The molecule has 0 fully saturated rings. The predicted octanol–water partition coefficient (Wildman–Crippen LogP) is 2.42. The Labute approximate surface area is 236 Å². The highest BCUT2D eigenvalue weighted by Crippen LogP contribution is 2.10. The second kappa shape index (κ2) is 17.0. The van der Waals surface area contributed by atoms with Crippen LogP contribution in [-0.2, 0) is 35.3 Å². The minimum Gasteiger partial charge on any atom is -0.445 e. The van der Waals surface area contributed by atoms with Crippen LogP contribution >= 0.6 is 0 Å². The molecule has 0 aliphatic carbocycles. The Morgan fingerprint density at radius 2 is 1.35 bits per heavy atom. The Morgan fingerprint density at radius 3 is 1.88 bits per heavy atom. The topological polar surface area (TPSA) is 160 Å². The molecular weight excluding hydrogens is 516 g/mol. The molecule has 0 aromatic heterocycles. The molecule has 0 aliphatic heterocycles. The van der Waals surface area contributed by atoms with Crippen molar-refractivity contribution in [2.24, 2.45) is 11.8 Å². The van der Waals surface area contributed by atoms with Gasteiger partial charge in [-0.1, -0.05) is 58.0 Å². The van der Waals surface area contributed by atoms with Crippen molar-refractivity contribution in [1.29, 1.82) is 0 Å². The second-order valence-corrected chi connectivity index (χ2v) is 10.8. The third-order valence-electron chi connectivity index (χ3n) is 6.12. The van der Waals surface area contributed by atoms with Gasteiger partial charge in [0.05, 0.1) is 6.04 Å². The van der Waals surface area contributed by atoms with E-state index >= 15 is 0 Å². The lowest BCUT2D eigenvalue weighted by atomic mass is 9.99. The van der Waals surface area contributed by atoms with E-state index in [1.165, 1.54) is 20.8 Å². The molecule has 0 unspecified atom stereocenters. The minimum atomic E-state index is -0.999. The first kappa shape index (κ1) is 34.3. The molecule has 4 amide bonds. The number of hydrogen-bond acceptors (Lipinski definition) is 7. The quantitative estimate of drug-likeness (QED) is 0.242. The maximum Gasteiger partial charge on any atom is 0.408 e. The molecular formula is C29H44N4O7. The first-order chi connectivity index (χ1) is 18.7. The van der Waals surface area contributed by atoms with E-state index < -0.39 is 48.0 Å². The third-order valence-corrected chi connectivity index (χ3v) is 6.12. The molecule has 0 saturated carbocycles. The molecule has 1 aromatic rings. The highest BCUT2D eigenvalue weighted by atomic mass is 16.5. The zero-order valence-electron chi connectivity index (χ0n) is 24.5. The lowest BCUT2D eigenvalue weighted by molar-refractivity contribution is -0.134. The van der Waals surface area contributed by atoms with Crippen LogP contribution in [0.4, 0.5) is 4.79 Å². The summed E-state index contributed by atoms with van der Waals surface area (Å²) in [4.78, 5) is 74.6. The smallest absolute Gasteiger partial charge is 0.408 e. The predicted molar refractivity (Wildman–Crippen MR) is 150 cm³/mol. The largest absolute Gasteiger partial charge is 0.445 e. The minimum absolute atomic E-state index is 0.0299. The normalized spacial score (nSPS) is 13.9. The second-order valence-electron chi connectivity index (χ2n) is 10.8. The molecule has 40 heavy (non-hydrogen) atoms. The summed E-state index contributed by atoms with van der Waals surface area (Å²) in [6.07, 6.45) is -0.185. The number of benzene rings is 1. The molecule has 222 valence electrons. The van der Waals surface area contributed by atoms with Crippen LogP contribution in [-0.4, -0.2) is 59.5 Å². The summed E-state index contributed by atoms with van der Waals surface area (Å²) in [6.45, 7) is 11.5. The van der Waals surface area contributed by atoms with Gasteiger partial charge in [-0.15, -0.1) is 0 Å². The van der Waals surface area contributed by atoms with E-state index in [2.05, 4.69) is 21.3 Å². The first-order valence-electron chi connectivity index (χ1n) is 13.6. The third kappa shape index (κ3) is 12.9. The molecule has 11 heteroatoms. The Hall–Kier alpha value is -3.76. The van der Waals surface area contributed by atoms with Crippen LogP contribution in [0.15, 0.2) is 30.3 Å². The number of ketones is 2. The number of nitrogens with one attached hydrogen (secondary N) is 4. The van der Waals surface area contributed by atoms with Crippen LogP contribution in [0.25, 0.3) is 0 Å². The molecule has 4 N–H and O–H groups in total. The van der Waals surface area contributed by atoms with Gasteiger partial charge in [0.25, 0.3) is 0 Å². The fourth-order valence-corrected chi connectivity index (χ4v) is 3.78. The fraction of sp³-hybridized carbons (Fsp3) is 0.586. The summed E-state index contributed by atoms with van der Waals surface area (Å²) in [5.41, 5.74) is 0.791. The SMILES string of the molecule is CC(=O)CC[C@H](NC(=O)[C@H](CC(C)C)NC(=O)[C@@H](NC(=O)[C@H](C)NC(=O)OCc1ccccc1)C(C)C)C(C)=O. The monoisotopic (exact) mass is 560 g/mol. The van der Waals surface area contributed by atoms with Crippen molar-refractivity contribution in [2.75, 3.05) is 0 Å². The first-order valence-corrected chi connectivity index (χ1v) is 13.6. The lowest BCUT2D eigenvalue weighted by Crippen LogP contribution is -2.58. The molecule has 0 saturated heterocycles. The van der Waals surface area contributed by atoms with Gasteiger partial charge in [0, 0.05) is 6.42 Å². The van der Waals surface area contributed by atoms with Crippen LogP contribution in [0.1, 0.15) is 73.3 Å². The lowest BCUT2D eigenvalue weighted by Gasteiger charge is -2.28. The number of hydrogen-bond donors (Lipinski definition) is 4. The van der Waals surface area contributed by atoms with Gasteiger partial charge in [0.1, 0.15) is 30.5 Å². The standard InChI is InChI=1S/C29H44N4O7/c1-17(2)15-24(27(37)31-23(21(7)35)14-13-19(5)34)32-28(38)25(18(3)4)33-26(36)20(6)30-29(39)40-16-22-11-9-8-10-12-22/h8-12,17-18,20,23-25H,13-16H2,1-7H3,(H,30,39)(H,31,37)(H,32,38)(H,33,36)/t20-,23-,24-,25-/m0/s1. The van der Waals surface area contributed by atoms with Gasteiger partial charge in [-0.2, -0.15) is 0 Å². The number of alkyl carbamates (subject to hydrolysis) is 1. The van der Waals surface area contributed by atoms with Crippen molar-refractivity contribution in [3.8, 4) is 0 Å². The zero-order chi connectivity index (χ0) is 30.4. The summed E-state index contributed by atoms with van der Waals surface area (Å²) in [6, 6.07) is 5.26. The Kier molecular flexibility index (Phi) is 14.6. The number of carbonyl (C=O) groups excluding carboxylic acids is 6. The van der Waals surface area contributed by atoms with Crippen molar-refractivity contribution in [3.63, 3.8) is 0 Å². The van der Waals surface area contributed by atoms with Crippen molar-refractivity contribution in [1.82, 2.24) is 21.3 Å². The van der Waals surface area contributed by atoms with Gasteiger partial charge < -0.3 is 30.8 Å². The molecule has 1 aromatic carbocycles. The van der Waals surface area contributed by atoms with Crippen LogP contribution in [0.2, 0.25) is 0 Å². The Balaban J connectivity index is 2.83. The molecule has 0 radical (unpaired) electrons. The van der Waals surface area contributed by atoms with E-state index in [4.69, 9.17) is 4.74 Å². The summed E-state index contributed by atoms with van der Waals surface area (Å²) >= 11 is 0. The number of ether oxygens (including phenoxy) is 1. The molecule has 0 spiro atoms. The van der Waals surface area contributed by atoms with E-state index in [1.54, 1.807) is 26.0 Å². The highest BCUT2D eigenvalue weighted by Gasteiger charge is 2.32. The van der Waals surface area contributed by atoms with Crippen LogP contribution in [0, 0.1) is 11.8 Å². The number of Topliss-reactive ketones (excluding diaryl/α,β-unsaturated/α-hetero) is 2. The van der Waals surface area contributed by atoms with Gasteiger partial charge in [0.15, 0.2) is 5.78 Å². The number of amides is 4. The summed E-state index contributed by atoms with van der Waals surface area (Å²) in [5.74, 6) is -2.43. The van der Waals surface area contributed by atoms with E-state index in [0.717, 1.165) is 5.56 Å². The Morgan fingerprint density at radius 1 is 0.750 bits per heavy atom. The summed E-state index contributed by atoms with van der Waals surface area (Å²) < 4.78 is 5.15. The van der Waals surface area contributed by atoms with Gasteiger partial charge in [-0.25, -0.2) is 4.79 Å². The van der Waals surface area contributed by atoms with E-state index in [-0.39, 0.29) is 42.9 Å². The molecule has 11 nitrogen and oxygen atoms in total. The molecule has 0 bridgehead atoms. The molecule has 0 heterocycles. The van der Waals surface area contributed by atoms with Crippen molar-refractivity contribution in [3.05, 3.63) is 35.9 Å². The number of carbonyl (C=O) groups is 6. The maximum absolute atomic E-state index is 13.2. The van der Waals surface area contributed by atoms with Gasteiger partial charge in [-0.3, -0.25) is 19.2 Å². The average molecular weight is 561 g/mol. The number of rotatable bonds is 16. The summed E-state index contributed by atoms with van der Waals surface area (Å²) in [7, 11) is 0. The Bertz CT molecular complexity index is 1030. The molecule has 1 rings (SSSR count). The van der Waals surface area contributed by atoms with E-state index in [0.29, 0.717) is 6.42 Å². The molecule has 4 atom stereocenters. The van der Waals surface area contributed by atoms with Crippen molar-refractivity contribution >= 4 is 35.4 Å². The van der Waals surface area contributed by atoms with Gasteiger partial charge >= 0.3 is 6.09 Å². The van der Waals surface area contributed by atoms with E-state index in [9.17, 15) is 28.8 Å². The highest BCUT2D eigenvalue weighted by molar-refractivity contribution is 5.95. The van der Waals surface area contributed by atoms with Gasteiger partial charge in [0.2, 0.25) is 17.7 Å². The maximum atomic E-state index is 13.2. The van der Waals surface area contributed by atoms with Gasteiger partial charge in [-0.05, 0) is 51.0 Å². The average Bonchev–Trinajstić information content (AvgIpc) is 2.87. The summed E-state index contributed by atoms with van der Waals surface area (Å²) in [5, 5.41) is 10.4. The van der Waals surface area contributed by atoms with Crippen molar-refractivity contribution in [2.45, 2.75) is 98.5 Å². The fourth-order valence-electron chi connectivity index (χ4n) is 3.78.